The van der Waals surface area contributed by atoms with Crippen molar-refractivity contribution in [3.8, 4) is 17.2 Å². The van der Waals surface area contributed by atoms with Crippen molar-refractivity contribution in [2.45, 2.75) is 6.61 Å². The number of hydrogen-bond donors (Lipinski definition) is 1. The first kappa shape index (κ1) is 14.7. The van der Waals surface area contributed by atoms with Gasteiger partial charge < -0.3 is 19.3 Å². The molecule has 2 aromatic carbocycles. The van der Waals surface area contributed by atoms with Crippen LogP contribution in [0.4, 0.5) is 0 Å². The molecule has 0 unspecified atom stereocenters. The lowest BCUT2D eigenvalue weighted by Crippen LogP contribution is -1.99. The summed E-state index contributed by atoms with van der Waals surface area (Å²) in [5, 5.41) is 8.83. The molecule has 0 aliphatic heterocycles. The second kappa shape index (κ2) is 6.65. The largest absolute Gasteiger partial charge is 0.493 e. The summed E-state index contributed by atoms with van der Waals surface area (Å²) in [6.07, 6.45) is 0. The number of carbonyl (C=O) groups is 1. The number of hydrogen-bond acceptors (Lipinski definition) is 4. The first-order valence-corrected chi connectivity index (χ1v) is 6.31. The van der Waals surface area contributed by atoms with Gasteiger partial charge in [0.05, 0.1) is 19.8 Å². The van der Waals surface area contributed by atoms with Crippen LogP contribution in [0, 0.1) is 0 Å². The van der Waals surface area contributed by atoms with E-state index in [1.165, 1.54) is 0 Å². The van der Waals surface area contributed by atoms with E-state index in [2.05, 4.69) is 0 Å². The minimum atomic E-state index is -0.942. The molecule has 0 heterocycles. The number of carboxylic acid groups (broad SMARTS) is 1. The highest BCUT2D eigenvalue weighted by atomic mass is 16.5. The Hall–Kier alpha value is -2.69. The third-order valence-corrected chi connectivity index (χ3v) is 2.96. The first-order chi connectivity index (χ1) is 10.1. The monoisotopic (exact) mass is 288 g/mol. The van der Waals surface area contributed by atoms with Gasteiger partial charge in [-0.15, -0.1) is 0 Å². The molecule has 0 amide bonds. The molecule has 0 atom stereocenters. The van der Waals surface area contributed by atoms with E-state index in [1.807, 2.05) is 0 Å². The lowest BCUT2D eigenvalue weighted by molar-refractivity contribution is 0.0697. The van der Waals surface area contributed by atoms with Crippen LogP contribution in [0.25, 0.3) is 0 Å². The van der Waals surface area contributed by atoms with Crippen LogP contribution < -0.4 is 14.2 Å². The molecule has 2 aromatic rings. The van der Waals surface area contributed by atoms with Gasteiger partial charge in [0, 0.05) is 6.07 Å². The Labute approximate surface area is 122 Å². The number of aromatic carboxylic acids is 1. The Morgan fingerprint density at radius 3 is 2.24 bits per heavy atom. The zero-order valence-corrected chi connectivity index (χ0v) is 11.8. The van der Waals surface area contributed by atoms with Crippen LogP contribution in [-0.2, 0) is 6.61 Å². The van der Waals surface area contributed by atoms with E-state index in [-0.39, 0.29) is 5.56 Å². The quantitative estimate of drug-likeness (QED) is 0.885. The molecule has 0 aliphatic carbocycles. The molecular weight excluding hydrogens is 272 g/mol. The molecule has 0 saturated carbocycles. The Morgan fingerprint density at radius 1 is 1.00 bits per heavy atom. The third kappa shape index (κ3) is 3.66. The van der Waals surface area contributed by atoms with Crippen molar-refractivity contribution in [2.24, 2.45) is 0 Å². The highest BCUT2D eigenvalue weighted by Gasteiger charge is 2.06. The van der Waals surface area contributed by atoms with E-state index >= 15 is 0 Å². The fourth-order valence-electron chi connectivity index (χ4n) is 1.82. The summed E-state index contributed by atoms with van der Waals surface area (Å²) < 4.78 is 16.0. The zero-order chi connectivity index (χ0) is 15.2. The molecule has 5 heteroatoms. The van der Waals surface area contributed by atoms with Gasteiger partial charge in [0.2, 0.25) is 0 Å². The summed E-state index contributed by atoms with van der Waals surface area (Å²) in [6, 6.07) is 11.8. The van der Waals surface area contributed by atoms with E-state index < -0.39 is 5.97 Å². The van der Waals surface area contributed by atoms with Crippen molar-refractivity contribution < 1.29 is 24.1 Å². The standard InChI is InChI=1S/C16H16O5/c1-19-14-8-7-13(9-15(14)20-2)21-10-11-3-5-12(6-4-11)16(17)18/h3-9H,10H2,1-2H3,(H,17,18). The van der Waals surface area contributed by atoms with Crippen LogP contribution in [-0.4, -0.2) is 25.3 Å². The fourth-order valence-corrected chi connectivity index (χ4v) is 1.82. The van der Waals surface area contributed by atoms with Gasteiger partial charge in [0.25, 0.3) is 0 Å². The zero-order valence-electron chi connectivity index (χ0n) is 11.8. The van der Waals surface area contributed by atoms with Crippen molar-refractivity contribution in [1.29, 1.82) is 0 Å². The maximum atomic E-state index is 10.8. The minimum Gasteiger partial charge on any atom is -0.493 e. The first-order valence-electron chi connectivity index (χ1n) is 6.31. The summed E-state index contributed by atoms with van der Waals surface area (Å²) >= 11 is 0. The van der Waals surface area contributed by atoms with Gasteiger partial charge in [-0.3, -0.25) is 0 Å². The van der Waals surface area contributed by atoms with Gasteiger partial charge in [0.1, 0.15) is 12.4 Å². The Morgan fingerprint density at radius 2 is 1.67 bits per heavy atom. The summed E-state index contributed by atoms with van der Waals surface area (Å²) in [4.78, 5) is 10.8. The molecule has 0 fully saturated rings. The van der Waals surface area contributed by atoms with E-state index in [0.717, 1.165) is 5.56 Å². The van der Waals surface area contributed by atoms with Gasteiger partial charge >= 0.3 is 5.97 Å². The van der Waals surface area contributed by atoms with E-state index in [4.69, 9.17) is 19.3 Å². The minimum absolute atomic E-state index is 0.255. The molecule has 0 saturated heterocycles. The van der Waals surface area contributed by atoms with Crippen molar-refractivity contribution >= 4 is 5.97 Å². The number of carboxylic acids is 1. The molecule has 1 N–H and O–H groups in total. The van der Waals surface area contributed by atoms with E-state index in [1.54, 1.807) is 56.7 Å². The molecule has 110 valence electrons. The van der Waals surface area contributed by atoms with Crippen LogP contribution >= 0.6 is 0 Å². The van der Waals surface area contributed by atoms with Crippen molar-refractivity contribution in [3.63, 3.8) is 0 Å². The summed E-state index contributed by atoms with van der Waals surface area (Å²) in [7, 11) is 3.13. The lowest BCUT2D eigenvalue weighted by atomic mass is 10.1. The maximum Gasteiger partial charge on any atom is 0.335 e. The summed E-state index contributed by atoms with van der Waals surface area (Å²) in [6.45, 7) is 0.343. The topological polar surface area (TPSA) is 65.0 Å². The Kier molecular flexibility index (Phi) is 4.66. The predicted octanol–water partition coefficient (Wildman–Crippen LogP) is 2.98. The van der Waals surface area contributed by atoms with Crippen molar-refractivity contribution in [2.75, 3.05) is 14.2 Å². The van der Waals surface area contributed by atoms with Crippen LogP contribution in [0.15, 0.2) is 42.5 Å². The van der Waals surface area contributed by atoms with Gasteiger partial charge in [-0.05, 0) is 29.8 Å². The second-order valence-electron chi connectivity index (χ2n) is 4.31. The highest BCUT2D eigenvalue weighted by molar-refractivity contribution is 5.87. The average molecular weight is 288 g/mol. The van der Waals surface area contributed by atoms with Crippen LogP contribution in [0.5, 0.6) is 17.2 Å². The number of benzene rings is 2. The average Bonchev–Trinajstić information content (AvgIpc) is 2.52. The Balaban J connectivity index is 2.04. The van der Waals surface area contributed by atoms with Gasteiger partial charge in [-0.25, -0.2) is 4.79 Å². The third-order valence-electron chi connectivity index (χ3n) is 2.96. The smallest absolute Gasteiger partial charge is 0.335 e. The van der Waals surface area contributed by atoms with Crippen LogP contribution in [0.3, 0.4) is 0 Å². The van der Waals surface area contributed by atoms with E-state index in [9.17, 15) is 4.79 Å². The summed E-state index contributed by atoms with van der Waals surface area (Å²) in [5.74, 6) is 0.934. The molecule has 0 aromatic heterocycles. The van der Waals surface area contributed by atoms with Gasteiger partial charge in [0.15, 0.2) is 11.5 Å². The van der Waals surface area contributed by atoms with Gasteiger partial charge in [-0.1, -0.05) is 12.1 Å². The normalized spacial score (nSPS) is 10.0. The van der Waals surface area contributed by atoms with Crippen molar-refractivity contribution in [1.82, 2.24) is 0 Å². The SMILES string of the molecule is COc1ccc(OCc2ccc(C(=O)O)cc2)cc1OC. The van der Waals surface area contributed by atoms with Gasteiger partial charge in [-0.2, -0.15) is 0 Å². The van der Waals surface area contributed by atoms with Crippen LogP contribution in [0.2, 0.25) is 0 Å². The molecule has 21 heavy (non-hydrogen) atoms. The summed E-state index contributed by atoms with van der Waals surface area (Å²) in [5.41, 5.74) is 1.14. The predicted molar refractivity (Wildman–Crippen MR) is 77.3 cm³/mol. The maximum absolute atomic E-state index is 10.8. The molecule has 2 rings (SSSR count). The fraction of sp³-hybridized carbons (Fsp3) is 0.188. The Bertz CT molecular complexity index is 619. The van der Waals surface area contributed by atoms with Crippen molar-refractivity contribution in [3.05, 3.63) is 53.6 Å². The second-order valence-corrected chi connectivity index (χ2v) is 4.31. The molecule has 0 aliphatic rings. The molecule has 0 bridgehead atoms. The molecule has 0 spiro atoms. The molecular formula is C16H16O5. The number of methoxy groups -OCH3 is 2. The number of ether oxygens (including phenoxy) is 3. The molecule has 5 nitrogen and oxygen atoms in total. The van der Waals surface area contributed by atoms with Crippen LogP contribution in [0.1, 0.15) is 15.9 Å². The highest BCUT2D eigenvalue weighted by Crippen LogP contribution is 2.31. The number of rotatable bonds is 6. The van der Waals surface area contributed by atoms with E-state index in [0.29, 0.717) is 23.9 Å². The molecule has 0 radical (unpaired) electrons. The lowest BCUT2D eigenvalue weighted by Gasteiger charge is -2.11.